The molecule has 2 aliphatic rings. The zero-order valence-corrected chi connectivity index (χ0v) is 13.6. The molecule has 1 saturated heterocycles. The third-order valence-electron chi connectivity index (χ3n) is 4.56. The van der Waals surface area contributed by atoms with Crippen LogP contribution in [0.4, 0.5) is 5.82 Å². The Kier molecular flexibility index (Phi) is 4.79. The van der Waals surface area contributed by atoms with Crippen LogP contribution in [0.2, 0.25) is 0 Å². The van der Waals surface area contributed by atoms with Gasteiger partial charge in [-0.05, 0) is 25.0 Å². The van der Waals surface area contributed by atoms with E-state index in [-0.39, 0.29) is 23.7 Å². The van der Waals surface area contributed by atoms with E-state index in [0.29, 0.717) is 26.1 Å². The van der Waals surface area contributed by atoms with E-state index in [1.54, 1.807) is 6.20 Å². The second-order valence-electron chi connectivity index (χ2n) is 6.24. The maximum atomic E-state index is 12.5. The molecule has 0 bridgehead atoms. The molecule has 1 N–H and O–H groups in total. The van der Waals surface area contributed by atoms with E-state index in [9.17, 15) is 9.59 Å². The quantitative estimate of drug-likeness (QED) is 0.876. The van der Waals surface area contributed by atoms with Gasteiger partial charge in [-0.1, -0.05) is 13.0 Å². The molecule has 3 rings (SSSR count). The first-order valence-electron chi connectivity index (χ1n) is 8.43. The van der Waals surface area contributed by atoms with Gasteiger partial charge in [-0.3, -0.25) is 9.59 Å². The summed E-state index contributed by atoms with van der Waals surface area (Å²) in [5, 5.41) is 2.88. The molecule has 1 aromatic heterocycles. The lowest BCUT2D eigenvalue weighted by molar-refractivity contribution is -0.135. The van der Waals surface area contributed by atoms with E-state index >= 15 is 0 Å². The number of carbonyl (C=O) groups is 2. The summed E-state index contributed by atoms with van der Waals surface area (Å²) in [5.74, 6) is 0.929. The monoisotopic (exact) mass is 316 g/mol. The Morgan fingerprint density at radius 2 is 2.00 bits per heavy atom. The van der Waals surface area contributed by atoms with Gasteiger partial charge in [0.05, 0.1) is 11.8 Å². The van der Waals surface area contributed by atoms with Crippen molar-refractivity contribution in [2.24, 2.45) is 11.8 Å². The van der Waals surface area contributed by atoms with Crippen molar-refractivity contribution in [1.29, 1.82) is 0 Å². The van der Waals surface area contributed by atoms with Gasteiger partial charge in [0.15, 0.2) is 0 Å². The van der Waals surface area contributed by atoms with Gasteiger partial charge in [0.1, 0.15) is 5.82 Å². The Balaban J connectivity index is 1.47. The van der Waals surface area contributed by atoms with Gasteiger partial charge in [0.2, 0.25) is 11.8 Å². The van der Waals surface area contributed by atoms with Gasteiger partial charge in [-0.2, -0.15) is 0 Å². The van der Waals surface area contributed by atoms with Crippen LogP contribution in [0.15, 0.2) is 24.4 Å². The lowest BCUT2D eigenvalue weighted by atomic mass is 10.2. The summed E-state index contributed by atoms with van der Waals surface area (Å²) in [7, 11) is 0. The first kappa shape index (κ1) is 15.8. The van der Waals surface area contributed by atoms with Crippen molar-refractivity contribution in [3.8, 4) is 0 Å². The maximum absolute atomic E-state index is 12.5. The summed E-state index contributed by atoms with van der Waals surface area (Å²) < 4.78 is 0. The number of piperazine rings is 1. The molecule has 1 aliphatic heterocycles. The van der Waals surface area contributed by atoms with E-state index in [4.69, 9.17) is 0 Å². The number of amides is 2. The summed E-state index contributed by atoms with van der Waals surface area (Å²) in [6.07, 6.45) is 3.41. The zero-order chi connectivity index (χ0) is 16.2. The molecule has 124 valence electrons. The van der Waals surface area contributed by atoms with Crippen LogP contribution in [-0.4, -0.2) is 54.4 Å². The Labute approximate surface area is 136 Å². The summed E-state index contributed by atoms with van der Waals surface area (Å²) >= 11 is 0. The Hall–Kier alpha value is -2.11. The highest BCUT2D eigenvalue weighted by molar-refractivity contribution is 5.92. The number of hydrogen-bond donors (Lipinski definition) is 1. The molecule has 2 unspecified atom stereocenters. The van der Waals surface area contributed by atoms with Crippen molar-refractivity contribution in [3.05, 3.63) is 24.4 Å². The van der Waals surface area contributed by atoms with Gasteiger partial charge in [0, 0.05) is 38.9 Å². The molecule has 1 saturated carbocycles. The molecule has 1 aromatic rings. The summed E-state index contributed by atoms with van der Waals surface area (Å²) in [5.41, 5.74) is 0. The fourth-order valence-electron chi connectivity index (χ4n) is 3.07. The van der Waals surface area contributed by atoms with Crippen LogP contribution in [0, 0.1) is 11.8 Å². The smallest absolute Gasteiger partial charge is 0.226 e. The van der Waals surface area contributed by atoms with Gasteiger partial charge in [-0.25, -0.2) is 4.98 Å². The van der Waals surface area contributed by atoms with Gasteiger partial charge < -0.3 is 15.1 Å². The molecule has 0 spiro atoms. The third kappa shape index (κ3) is 3.63. The number of hydrogen-bond acceptors (Lipinski definition) is 4. The average Bonchev–Trinajstić information content (AvgIpc) is 3.41. The average molecular weight is 316 g/mol. The van der Waals surface area contributed by atoms with Crippen LogP contribution in [0.3, 0.4) is 0 Å². The van der Waals surface area contributed by atoms with E-state index in [2.05, 4.69) is 15.2 Å². The third-order valence-corrected chi connectivity index (χ3v) is 4.56. The number of rotatable bonds is 5. The minimum atomic E-state index is -0.108. The number of anilines is 1. The van der Waals surface area contributed by atoms with E-state index in [0.717, 1.165) is 25.3 Å². The van der Waals surface area contributed by atoms with E-state index in [1.165, 1.54) is 0 Å². The van der Waals surface area contributed by atoms with E-state index in [1.807, 2.05) is 30.0 Å². The van der Waals surface area contributed by atoms with Crippen molar-refractivity contribution < 1.29 is 9.59 Å². The van der Waals surface area contributed by atoms with Gasteiger partial charge >= 0.3 is 0 Å². The molecule has 6 heteroatoms. The first-order valence-corrected chi connectivity index (χ1v) is 8.43. The van der Waals surface area contributed by atoms with Crippen molar-refractivity contribution >= 4 is 17.6 Å². The molecule has 0 aromatic carbocycles. The number of aromatic nitrogens is 1. The highest BCUT2D eigenvalue weighted by Gasteiger charge is 2.49. The molecule has 2 fully saturated rings. The molecule has 0 radical (unpaired) electrons. The minimum Gasteiger partial charge on any atom is -0.356 e. The van der Waals surface area contributed by atoms with Crippen molar-refractivity contribution in [1.82, 2.24) is 15.2 Å². The number of carbonyl (C=O) groups excluding carboxylic acids is 2. The second-order valence-corrected chi connectivity index (χ2v) is 6.24. The van der Waals surface area contributed by atoms with Crippen LogP contribution < -0.4 is 10.2 Å². The molecular formula is C17H24N4O2. The summed E-state index contributed by atoms with van der Waals surface area (Å²) in [6, 6.07) is 5.87. The Morgan fingerprint density at radius 3 is 2.65 bits per heavy atom. The number of nitrogens with zero attached hydrogens (tertiary/aromatic N) is 3. The molecule has 1 aliphatic carbocycles. The standard InChI is InChI=1S/C17H24N4O2/c1-2-6-19-16(22)13-12-14(13)17(23)21-10-8-20(9-11-21)15-5-3-4-7-18-15/h3-5,7,13-14H,2,6,8-12H2,1H3,(H,19,22). The highest BCUT2D eigenvalue weighted by Crippen LogP contribution is 2.40. The zero-order valence-electron chi connectivity index (χ0n) is 13.6. The Morgan fingerprint density at radius 1 is 1.22 bits per heavy atom. The number of nitrogens with one attached hydrogen (secondary N) is 1. The van der Waals surface area contributed by atoms with Crippen LogP contribution in [0.25, 0.3) is 0 Å². The van der Waals surface area contributed by atoms with Crippen molar-refractivity contribution in [3.63, 3.8) is 0 Å². The fraction of sp³-hybridized carbons (Fsp3) is 0.588. The van der Waals surface area contributed by atoms with Crippen LogP contribution >= 0.6 is 0 Å². The summed E-state index contributed by atoms with van der Waals surface area (Å²) in [4.78, 5) is 32.9. The van der Waals surface area contributed by atoms with Gasteiger partial charge in [0.25, 0.3) is 0 Å². The topological polar surface area (TPSA) is 65.5 Å². The largest absolute Gasteiger partial charge is 0.356 e. The normalized spacial score (nSPS) is 23.5. The molecular weight excluding hydrogens is 292 g/mol. The maximum Gasteiger partial charge on any atom is 0.226 e. The fourth-order valence-corrected chi connectivity index (χ4v) is 3.07. The predicted octanol–water partition coefficient (Wildman–Crippen LogP) is 0.892. The molecule has 23 heavy (non-hydrogen) atoms. The first-order chi connectivity index (χ1) is 11.2. The number of pyridine rings is 1. The SMILES string of the molecule is CCCNC(=O)C1CC1C(=O)N1CCN(c2ccccn2)CC1. The molecule has 2 atom stereocenters. The van der Waals surface area contributed by atoms with Crippen molar-refractivity contribution in [2.75, 3.05) is 37.6 Å². The second kappa shape index (κ2) is 6.98. The highest BCUT2D eigenvalue weighted by atomic mass is 16.2. The molecule has 2 heterocycles. The van der Waals surface area contributed by atoms with E-state index < -0.39 is 0 Å². The van der Waals surface area contributed by atoms with Crippen molar-refractivity contribution in [2.45, 2.75) is 19.8 Å². The van der Waals surface area contributed by atoms with Crippen LogP contribution in [-0.2, 0) is 9.59 Å². The lowest BCUT2D eigenvalue weighted by Crippen LogP contribution is -2.49. The molecule has 2 amide bonds. The summed E-state index contributed by atoms with van der Waals surface area (Å²) in [6.45, 7) is 5.71. The predicted molar refractivity (Wildman–Crippen MR) is 87.9 cm³/mol. The van der Waals surface area contributed by atoms with Crippen LogP contribution in [0.5, 0.6) is 0 Å². The molecule has 6 nitrogen and oxygen atoms in total. The minimum absolute atomic E-state index is 0.0392. The van der Waals surface area contributed by atoms with Gasteiger partial charge in [-0.15, -0.1) is 0 Å². The van der Waals surface area contributed by atoms with Crippen LogP contribution in [0.1, 0.15) is 19.8 Å². The Bertz CT molecular complexity index is 555. The lowest BCUT2D eigenvalue weighted by Gasteiger charge is -2.35.